The number of amides is 2. The Balaban J connectivity index is 1.75. The van der Waals surface area contributed by atoms with Crippen molar-refractivity contribution in [2.75, 3.05) is 4.90 Å². The second kappa shape index (κ2) is 10.1. The van der Waals surface area contributed by atoms with E-state index in [-0.39, 0.29) is 29.6 Å². The predicted octanol–water partition coefficient (Wildman–Crippen LogP) is 3.34. The Morgan fingerprint density at radius 2 is 1.78 bits per heavy atom. The minimum absolute atomic E-state index is 0.0152. The Bertz CT molecular complexity index is 1400. The number of aromatic hydroxyl groups is 2. The van der Waals surface area contributed by atoms with Crippen molar-refractivity contribution < 1.29 is 24.2 Å². The summed E-state index contributed by atoms with van der Waals surface area (Å²) in [4.78, 5) is 29.8. The Morgan fingerprint density at radius 3 is 2.41 bits per heavy atom. The molecule has 4 rings (SSSR count). The number of aryl methyl sites for hydroxylation is 1. The van der Waals surface area contributed by atoms with Gasteiger partial charge in [-0.3, -0.25) is 14.5 Å². The average molecular weight is 505 g/mol. The summed E-state index contributed by atoms with van der Waals surface area (Å²) >= 11 is 0. The highest BCUT2D eigenvalue weighted by atomic mass is 16.3. The Morgan fingerprint density at radius 1 is 1.05 bits per heavy atom. The lowest BCUT2D eigenvalue weighted by Gasteiger charge is -2.33. The summed E-state index contributed by atoms with van der Waals surface area (Å²) in [6, 6.07) is 14.4. The van der Waals surface area contributed by atoms with E-state index in [0.29, 0.717) is 17.1 Å². The summed E-state index contributed by atoms with van der Waals surface area (Å²) in [5.41, 5.74) is 0.146. The second-order valence-electron chi connectivity index (χ2n) is 9.57. The zero-order valence-electron chi connectivity index (χ0n) is 20.9. The normalized spacial score (nSPS) is 12.2. The predicted molar refractivity (Wildman–Crippen MR) is 135 cm³/mol. The molecule has 192 valence electrons. The van der Waals surface area contributed by atoms with Crippen LogP contribution in [0.4, 0.5) is 5.69 Å². The van der Waals surface area contributed by atoms with Gasteiger partial charge in [-0.25, -0.2) is 0 Å². The van der Waals surface area contributed by atoms with Gasteiger partial charge < -0.3 is 19.9 Å². The fraction of sp³-hybridized carbons (Fsp3) is 0.269. The van der Waals surface area contributed by atoms with Gasteiger partial charge in [0.1, 0.15) is 29.8 Å². The number of hydrogen-bond donors (Lipinski definition) is 3. The maximum absolute atomic E-state index is 13.8. The first-order valence-corrected chi connectivity index (χ1v) is 11.6. The lowest BCUT2D eigenvalue weighted by molar-refractivity contribution is -0.128. The molecule has 1 atom stereocenters. The molecule has 0 aliphatic carbocycles. The molecule has 4 aromatic rings. The molecule has 0 saturated heterocycles. The number of benzene rings is 2. The number of phenols is 2. The third-order valence-electron chi connectivity index (χ3n) is 5.28. The largest absolute Gasteiger partial charge is 0.508 e. The minimum atomic E-state index is -1.13. The number of hydrogen-bond acceptors (Lipinski definition) is 8. The van der Waals surface area contributed by atoms with Crippen LogP contribution >= 0.6 is 0 Å². The molecule has 2 amide bonds. The number of anilines is 1. The maximum atomic E-state index is 13.8. The Hall–Kier alpha value is -4.67. The fourth-order valence-corrected chi connectivity index (χ4v) is 3.75. The van der Waals surface area contributed by atoms with Crippen LogP contribution in [0.25, 0.3) is 11.6 Å². The van der Waals surface area contributed by atoms with Crippen LogP contribution in [-0.4, -0.2) is 47.8 Å². The van der Waals surface area contributed by atoms with Crippen molar-refractivity contribution in [2.45, 2.75) is 45.8 Å². The van der Waals surface area contributed by atoms with E-state index in [1.165, 1.54) is 29.2 Å². The van der Waals surface area contributed by atoms with Crippen LogP contribution in [0, 0.1) is 6.92 Å². The van der Waals surface area contributed by atoms with Gasteiger partial charge in [0.05, 0.1) is 0 Å². The van der Waals surface area contributed by atoms with Crippen molar-refractivity contribution in [1.82, 2.24) is 25.5 Å². The molecule has 0 aliphatic heterocycles. The van der Waals surface area contributed by atoms with Gasteiger partial charge in [0.15, 0.2) is 5.76 Å². The van der Waals surface area contributed by atoms with Crippen molar-refractivity contribution >= 4 is 17.5 Å². The van der Waals surface area contributed by atoms with Gasteiger partial charge >= 0.3 is 0 Å². The number of nitrogens with one attached hydrogen (secondary N) is 1. The first-order valence-electron chi connectivity index (χ1n) is 11.6. The van der Waals surface area contributed by atoms with Gasteiger partial charge in [0.25, 0.3) is 5.91 Å². The van der Waals surface area contributed by atoms with E-state index in [2.05, 4.69) is 20.7 Å². The SMILES string of the molecule is Cc1ccc(-c2nnn(CC(=O)N(c3cccc(O)c3)[C@@H](C(=O)NC(C)(C)C)c3ccc(O)cc3)n2)o1. The zero-order chi connectivity index (χ0) is 26.7. The number of furan rings is 1. The summed E-state index contributed by atoms with van der Waals surface area (Å²) < 4.78 is 5.53. The molecule has 0 bridgehead atoms. The molecule has 11 heteroatoms. The van der Waals surface area contributed by atoms with Gasteiger partial charge in [0.2, 0.25) is 11.7 Å². The standard InChI is InChI=1S/C26H28N6O5/c1-16-8-13-21(37-16)24-28-30-31(29-24)15-22(35)32(18-6-5-7-20(34)14-18)23(25(36)27-26(2,3)4)17-9-11-19(33)12-10-17/h5-14,23,33-34H,15H2,1-4H3,(H,27,36)/t23-/m1/s1. The highest BCUT2D eigenvalue weighted by molar-refractivity contribution is 6.01. The van der Waals surface area contributed by atoms with Crippen LogP contribution in [0.2, 0.25) is 0 Å². The highest BCUT2D eigenvalue weighted by Gasteiger charge is 2.35. The molecule has 0 saturated carbocycles. The van der Waals surface area contributed by atoms with E-state index in [9.17, 15) is 19.8 Å². The molecule has 37 heavy (non-hydrogen) atoms. The monoisotopic (exact) mass is 504 g/mol. The van der Waals surface area contributed by atoms with Crippen LogP contribution in [0.3, 0.4) is 0 Å². The minimum Gasteiger partial charge on any atom is -0.508 e. The van der Waals surface area contributed by atoms with Gasteiger partial charge in [-0.15, -0.1) is 10.2 Å². The fourth-order valence-electron chi connectivity index (χ4n) is 3.75. The maximum Gasteiger partial charge on any atom is 0.251 e. The topological polar surface area (TPSA) is 147 Å². The van der Waals surface area contributed by atoms with E-state index in [0.717, 1.165) is 4.80 Å². The molecular formula is C26H28N6O5. The molecular weight excluding hydrogens is 476 g/mol. The lowest BCUT2D eigenvalue weighted by Crippen LogP contribution is -2.50. The molecule has 0 radical (unpaired) electrons. The summed E-state index contributed by atoms with van der Waals surface area (Å²) in [6.45, 7) is 6.93. The van der Waals surface area contributed by atoms with Crippen molar-refractivity contribution in [3.8, 4) is 23.1 Å². The quantitative estimate of drug-likeness (QED) is 0.347. The van der Waals surface area contributed by atoms with E-state index in [1.54, 1.807) is 43.3 Å². The van der Waals surface area contributed by atoms with Crippen LogP contribution in [0.1, 0.15) is 38.1 Å². The number of carbonyl (C=O) groups is 2. The number of nitrogens with zero attached hydrogens (tertiary/aromatic N) is 5. The van der Waals surface area contributed by atoms with Crippen molar-refractivity contribution in [2.24, 2.45) is 0 Å². The van der Waals surface area contributed by atoms with Crippen LogP contribution in [-0.2, 0) is 16.1 Å². The van der Waals surface area contributed by atoms with Gasteiger partial charge in [-0.1, -0.05) is 18.2 Å². The number of tetrazole rings is 1. The first kappa shape index (κ1) is 25.4. The summed E-state index contributed by atoms with van der Waals surface area (Å²) in [5.74, 6) is 0.254. The molecule has 2 aromatic carbocycles. The molecule has 0 unspecified atom stereocenters. The van der Waals surface area contributed by atoms with Gasteiger partial charge in [-0.05, 0) is 74.9 Å². The van der Waals surface area contributed by atoms with E-state index >= 15 is 0 Å². The van der Waals surface area contributed by atoms with Crippen molar-refractivity contribution in [1.29, 1.82) is 0 Å². The third-order valence-corrected chi connectivity index (χ3v) is 5.28. The number of phenolic OH excluding ortho intramolecular Hbond substituents is 2. The van der Waals surface area contributed by atoms with Crippen molar-refractivity contribution in [3.05, 3.63) is 72.0 Å². The van der Waals surface area contributed by atoms with Crippen LogP contribution in [0.15, 0.2) is 65.1 Å². The van der Waals surface area contributed by atoms with E-state index in [1.807, 2.05) is 20.8 Å². The first-order chi connectivity index (χ1) is 17.5. The Kier molecular flexibility index (Phi) is 6.96. The molecule has 3 N–H and O–H groups in total. The smallest absolute Gasteiger partial charge is 0.251 e. The molecule has 11 nitrogen and oxygen atoms in total. The third kappa shape index (κ3) is 6.13. The lowest BCUT2D eigenvalue weighted by atomic mass is 10.0. The second-order valence-corrected chi connectivity index (χ2v) is 9.57. The molecule has 0 spiro atoms. The number of aromatic nitrogens is 4. The molecule has 2 aromatic heterocycles. The highest BCUT2D eigenvalue weighted by Crippen LogP contribution is 2.31. The van der Waals surface area contributed by atoms with Crippen LogP contribution < -0.4 is 10.2 Å². The zero-order valence-corrected chi connectivity index (χ0v) is 20.9. The number of rotatable bonds is 7. The summed E-state index contributed by atoms with van der Waals surface area (Å²) in [7, 11) is 0. The average Bonchev–Trinajstić information content (AvgIpc) is 3.45. The summed E-state index contributed by atoms with van der Waals surface area (Å²) in [6.07, 6.45) is 0. The molecule has 0 fully saturated rings. The molecule has 2 heterocycles. The van der Waals surface area contributed by atoms with Gasteiger partial charge in [-0.2, -0.15) is 4.80 Å². The number of carbonyl (C=O) groups excluding carboxylic acids is 2. The van der Waals surface area contributed by atoms with E-state index in [4.69, 9.17) is 4.42 Å². The molecule has 0 aliphatic rings. The van der Waals surface area contributed by atoms with E-state index < -0.39 is 23.4 Å². The van der Waals surface area contributed by atoms with Crippen LogP contribution in [0.5, 0.6) is 11.5 Å². The summed E-state index contributed by atoms with van der Waals surface area (Å²) in [5, 5.41) is 35.1. The Labute approximate surface area is 213 Å². The van der Waals surface area contributed by atoms with Crippen molar-refractivity contribution in [3.63, 3.8) is 0 Å². The van der Waals surface area contributed by atoms with Gasteiger partial charge in [0, 0.05) is 17.3 Å².